The lowest BCUT2D eigenvalue weighted by atomic mass is 9.76. The number of nitrogens with zero attached hydrogens (tertiary/aromatic N) is 1. The van der Waals surface area contributed by atoms with Crippen molar-refractivity contribution in [3.63, 3.8) is 0 Å². The summed E-state index contributed by atoms with van der Waals surface area (Å²) in [7, 11) is 0. The molecule has 3 aliphatic heterocycles. The van der Waals surface area contributed by atoms with Gasteiger partial charge in [-0.1, -0.05) is 17.7 Å². The molecule has 4 rings (SSSR count). The van der Waals surface area contributed by atoms with Crippen LogP contribution in [0.5, 0.6) is 0 Å². The van der Waals surface area contributed by atoms with E-state index in [4.69, 9.17) is 5.73 Å². The average molecular weight is 384 g/mol. The Labute approximate surface area is 162 Å². The van der Waals surface area contributed by atoms with Gasteiger partial charge in [0.15, 0.2) is 0 Å². The number of aryl methyl sites for hydroxylation is 1. The number of rotatable bonds is 2. The van der Waals surface area contributed by atoms with Crippen LogP contribution >= 0.6 is 0 Å². The first-order chi connectivity index (χ1) is 13.0. The summed E-state index contributed by atoms with van der Waals surface area (Å²) in [6, 6.07) is 4.82. The van der Waals surface area contributed by atoms with Crippen LogP contribution in [0.1, 0.15) is 38.3 Å². The molecular weight excluding hydrogens is 360 g/mol. The number of carbonyl (C=O) groups is 4. The number of imide groups is 1. The summed E-state index contributed by atoms with van der Waals surface area (Å²) in [4.78, 5) is 52.8. The second-order valence-corrected chi connectivity index (χ2v) is 8.92. The summed E-state index contributed by atoms with van der Waals surface area (Å²) in [5.74, 6) is -3.49. The quantitative estimate of drug-likeness (QED) is 0.637. The van der Waals surface area contributed by atoms with Crippen molar-refractivity contribution in [1.82, 2.24) is 10.2 Å². The molecule has 1 aromatic carbocycles. The first-order valence-corrected chi connectivity index (χ1v) is 9.35. The van der Waals surface area contributed by atoms with E-state index in [2.05, 4.69) is 10.6 Å². The highest BCUT2D eigenvalue weighted by atomic mass is 16.2. The molecular formula is C20H24N4O4. The van der Waals surface area contributed by atoms with Crippen molar-refractivity contribution in [2.24, 2.45) is 17.6 Å². The second-order valence-electron chi connectivity index (χ2n) is 8.92. The predicted octanol–water partition coefficient (Wildman–Crippen LogP) is 0.389. The molecule has 2 saturated heterocycles. The Kier molecular flexibility index (Phi) is 3.75. The van der Waals surface area contributed by atoms with Crippen LogP contribution < -0.4 is 16.4 Å². The lowest BCUT2D eigenvalue weighted by molar-refractivity contribution is -0.147. The molecule has 0 aliphatic carbocycles. The van der Waals surface area contributed by atoms with E-state index in [1.807, 2.05) is 19.1 Å². The Hall–Kier alpha value is -2.74. The Balaban J connectivity index is 1.92. The monoisotopic (exact) mass is 384 g/mol. The van der Waals surface area contributed by atoms with Crippen molar-refractivity contribution in [3.8, 4) is 0 Å². The maximum Gasteiger partial charge on any atom is 0.250 e. The lowest BCUT2D eigenvalue weighted by Crippen LogP contribution is -2.56. The minimum atomic E-state index is -1.39. The number of likely N-dealkylation sites (tertiary alicyclic amines) is 1. The minimum Gasteiger partial charge on any atom is -0.370 e. The molecule has 8 heteroatoms. The van der Waals surface area contributed by atoms with Gasteiger partial charge in [-0.05, 0) is 33.8 Å². The highest BCUT2D eigenvalue weighted by Gasteiger charge is 2.71. The number of anilines is 1. The Morgan fingerprint density at radius 3 is 2.50 bits per heavy atom. The molecule has 4 N–H and O–H groups in total. The Morgan fingerprint density at radius 2 is 1.89 bits per heavy atom. The summed E-state index contributed by atoms with van der Waals surface area (Å²) in [6.07, 6.45) is -0.131. The van der Waals surface area contributed by atoms with Crippen LogP contribution in [0.2, 0.25) is 0 Å². The lowest BCUT2D eigenvalue weighted by Gasteiger charge is -2.34. The van der Waals surface area contributed by atoms with E-state index in [9.17, 15) is 19.2 Å². The maximum atomic E-state index is 13.4. The molecule has 1 spiro atoms. The molecule has 0 aromatic heterocycles. The van der Waals surface area contributed by atoms with Gasteiger partial charge in [-0.15, -0.1) is 0 Å². The van der Waals surface area contributed by atoms with Gasteiger partial charge >= 0.3 is 0 Å². The van der Waals surface area contributed by atoms with Gasteiger partial charge in [-0.2, -0.15) is 0 Å². The fourth-order valence-corrected chi connectivity index (χ4v) is 4.97. The van der Waals surface area contributed by atoms with E-state index in [0.717, 1.165) is 5.56 Å². The first-order valence-electron chi connectivity index (χ1n) is 9.35. The van der Waals surface area contributed by atoms with E-state index in [1.54, 1.807) is 26.8 Å². The molecule has 4 amide bonds. The summed E-state index contributed by atoms with van der Waals surface area (Å²) in [5.41, 5.74) is 5.45. The van der Waals surface area contributed by atoms with Gasteiger partial charge in [0.1, 0.15) is 5.54 Å². The van der Waals surface area contributed by atoms with Crippen LogP contribution in [0.15, 0.2) is 18.2 Å². The van der Waals surface area contributed by atoms with Crippen LogP contribution in [-0.2, 0) is 24.7 Å². The number of nitrogens with one attached hydrogen (secondary N) is 2. The highest BCUT2D eigenvalue weighted by molar-refractivity contribution is 6.15. The normalized spacial score (nSPS) is 31.4. The first kappa shape index (κ1) is 18.6. The van der Waals surface area contributed by atoms with Crippen LogP contribution in [0, 0.1) is 18.8 Å². The van der Waals surface area contributed by atoms with E-state index in [1.165, 1.54) is 4.90 Å². The number of nitrogens with two attached hydrogens (primary N) is 1. The number of primary amides is 1. The smallest absolute Gasteiger partial charge is 0.250 e. The van der Waals surface area contributed by atoms with E-state index in [0.29, 0.717) is 11.3 Å². The van der Waals surface area contributed by atoms with Crippen LogP contribution in [0.3, 0.4) is 0 Å². The molecule has 0 bridgehead atoms. The molecule has 8 nitrogen and oxygen atoms in total. The molecule has 1 aromatic rings. The van der Waals surface area contributed by atoms with Crippen molar-refractivity contribution in [2.45, 2.75) is 51.2 Å². The van der Waals surface area contributed by atoms with Crippen molar-refractivity contribution < 1.29 is 19.2 Å². The summed E-state index contributed by atoms with van der Waals surface area (Å²) >= 11 is 0. The zero-order valence-corrected chi connectivity index (χ0v) is 16.3. The van der Waals surface area contributed by atoms with Crippen LogP contribution in [-0.4, -0.2) is 40.1 Å². The third-order valence-electron chi connectivity index (χ3n) is 5.96. The molecule has 0 radical (unpaired) electrons. The molecule has 4 unspecified atom stereocenters. The number of amides is 4. The van der Waals surface area contributed by atoms with Crippen molar-refractivity contribution in [3.05, 3.63) is 29.3 Å². The standard InChI is InChI=1S/C20H24N4O4/c1-9-5-6-11-10(7-9)20(18(28)22-11)15-14(12(23-20)8-13(21)25)16(26)24(17(15)27)19(2,3)4/h5-7,12,14-15,23H,8H2,1-4H3,(H2,21,25)(H,22,28). The topological polar surface area (TPSA) is 122 Å². The second kappa shape index (κ2) is 5.64. The van der Waals surface area contributed by atoms with Crippen LogP contribution in [0.4, 0.5) is 5.69 Å². The SMILES string of the molecule is Cc1ccc2c(c1)C1(NC(CC(N)=O)C3C(=O)N(C(C)(C)C)C(=O)C31)C(=O)N2. The summed E-state index contributed by atoms with van der Waals surface area (Å²) < 4.78 is 0. The van der Waals surface area contributed by atoms with Crippen LogP contribution in [0.25, 0.3) is 0 Å². The van der Waals surface area contributed by atoms with Crippen molar-refractivity contribution in [1.29, 1.82) is 0 Å². The third kappa shape index (κ3) is 2.27. The van der Waals surface area contributed by atoms with Gasteiger partial charge in [0.2, 0.25) is 23.6 Å². The van der Waals surface area contributed by atoms with Gasteiger partial charge in [0.25, 0.3) is 0 Å². The maximum absolute atomic E-state index is 13.4. The zero-order chi connectivity index (χ0) is 20.6. The van der Waals surface area contributed by atoms with Gasteiger partial charge in [-0.25, -0.2) is 0 Å². The summed E-state index contributed by atoms with van der Waals surface area (Å²) in [5, 5.41) is 6.02. The number of benzene rings is 1. The van der Waals surface area contributed by atoms with Crippen molar-refractivity contribution >= 4 is 29.3 Å². The van der Waals surface area contributed by atoms with Gasteiger partial charge < -0.3 is 11.1 Å². The number of hydrogen-bond donors (Lipinski definition) is 3. The molecule has 148 valence electrons. The average Bonchev–Trinajstić information content (AvgIpc) is 3.12. The van der Waals surface area contributed by atoms with Crippen molar-refractivity contribution in [2.75, 3.05) is 5.32 Å². The van der Waals surface area contributed by atoms with E-state index < -0.39 is 40.8 Å². The molecule has 3 heterocycles. The fourth-order valence-electron chi connectivity index (χ4n) is 4.97. The molecule has 4 atom stereocenters. The molecule has 3 aliphatic rings. The predicted molar refractivity (Wildman–Crippen MR) is 101 cm³/mol. The molecule has 28 heavy (non-hydrogen) atoms. The Morgan fingerprint density at radius 1 is 1.21 bits per heavy atom. The molecule has 0 saturated carbocycles. The highest BCUT2D eigenvalue weighted by Crippen LogP contribution is 2.54. The number of carbonyl (C=O) groups excluding carboxylic acids is 4. The molecule has 2 fully saturated rings. The van der Waals surface area contributed by atoms with Gasteiger partial charge in [-0.3, -0.25) is 29.4 Å². The minimum absolute atomic E-state index is 0.131. The van der Waals surface area contributed by atoms with E-state index in [-0.39, 0.29) is 18.2 Å². The van der Waals surface area contributed by atoms with Gasteiger partial charge in [0, 0.05) is 29.3 Å². The van der Waals surface area contributed by atoms with Gasteiger partial charge in [0.05, 0.1) is 11.8 Å². The largest absolute Gasteiger partial charge is 0.370 e. The van der Waals surface area contributed by atoms with E-state index >= 15 is 0 Å². The third-order valence-corrected chi connectivity index (χ3v) is 5.96. The fraction of sp³-hybridized carbons (Fsp3) is 0.500. The summed E-state index contributed by atoms with van der Waals surface area (Å²) in [6.45, 7) is 7.23. The Bertz CT molecular complexity index is 935. The number of hydrogen-bond acceptors (Lipinski definition) is 5. The zero-order valence-electron chi connectivity index (χ0n) is 16.3. The number of fused-ring (bicyclic) bond motifs is 4.